The van der Waals surface area contributed by atoms with Gasteiger partial charge in [-0.15, -0.1) is 0 Å². The SMILES string of the molecule is CCc1cccc(CC)c1NC(=O)Oc1cc(-c2ccnc(Nc3ccc(N4CCC(N(C)C)CC4)cc3OC)n2)n(C)c1. The van der Waals surface area contributed by atoms with Gasteiger partial charge in [0, 0.05) is 56.4 Å². The molecule has 1 aliphatic rings. The summed E-state index contributed by atoms with van der Waals surface area (Å²) in [5.41, 5.74) is 6.36. The number of anilines is 4. The zero-order chi connectivity index (χ0) is 31.2. The van der Waals surface area contributed by atoms with Crippen molar-refractivity contribution in [3.8, 4) is 22.9 Å². The molecule has 0 saturated carbocycles. The number of nitrogens with zero attached hydrogens (tertiary/aromatic N) is 5. The molecular weight excluding hydrogens is 554 g/mol. The van der Waals surface area contributed by atoms with Crippen LogP contribution in [0.2, 0.25) is 0 Å². The van der Waals surface area contributed by atoms with Crippen LogP contribution in [0.1, 0.15) is 37.8 Å². The van der Waals surface area contributed by atoms with Crippen LogP contribution in [0.25, 0.3) is 11.4 Å². The maximum Gasteiger partial charge on any atom is 0.417 e. The van der Waals surface area contributed by atoms with Crippen molar-refractivity contribution < 1.29 is 14.3 Å². The minimum Gasteiger partial charge on any atom is -0.494 e. The van der Waals surface area contributed by atoms with E-state index < -0.39 is 6.09 Å². The molecule has 2 aromatic carbocycles. The van der Waals surface area contributed by atoms with E-state index in [1.165, 1.54) is 0 Å². The monoisotopic (exact) mass is 597 g/mol. The largest absolute Gasteiger partial charge is 0.494 e. The molecule has 232 valence electrons. The Morgan fingerprint density at radius 3 is 2.43 bits per heavy atom. The van der Waals surface area contributed by atoms with Gasteiger partial charge in [0.05, 0.1) is 29.9 Å². The van der Waals surface area contributed by atoms with Gasteiger partial charge >= 0.3 is 6.09 Å². The van der Waals surface area contributed by atoms with Crippen molar-refractivity contribution in [1.82, 2.24) is 19.4 Å². The smallest absolute Gasteiger partial charge is 0.417 e. The van der Waals surface area contributed by atoms with Crippen molar-refractivity contribution >= 4 is 29.1 Å². The Bertz CT molecular complexity index is 1570. The summed E-state index contributed by atoms with van der Waals surface area (Å²) in [5.74, 6) is 1.58. The summed E-state index contributed by atoms with van der Waals surface area (Å²) in [4.78, 5) is 26.8. The lowest BCUT2D eigenvalue weighted by Gasteiger charge is -2.36. The number of ether oxygens (including phenoxy) is 2. The van der Waals surface area contributed by atoms with Crippen LogP contribution in [0.15, 0.2) is 60.9 Å². The number of carbonyl (C=O) groups excluding carboxylic acids is 1. The average molecular weight is 598 g/mol. The molecular formula is C34H43N7O3. The van der Waals surface area contributed by atoms with E-state index in [-0.39, 0.29) is 0 Å². The molecule has 1 aliphatic heterocycles. The molecule has 5 rings (SSSR count). The molecule has 0 radical (unpaired) electrons. The number of para-hydroxylation sites is 1. The standard InChI is InChI=1S/C34H43N7O3/c1-7-23-10-9-11-24(8-2)32(23)38-34(42)44-27-21-30(40(5)22-27)28-14-17-35-33(36-28)37-29-13-12-26(20-31(29)43-6)41-18-15-25(16-19-41)39(3)4/h9-14,17,20-22,25H,7-8,15-16,18-19H2,1-6H3,(H,38,42)(H,35,36,37). The molecule has 0 atom stereocenters. The Morgan fingerprint density at radius 2 is 1.77 bits per heavy atom. The minimum absolute atomic E-state index is 0.423. The van der Waals surface area contributed by atoms with Gasteiger partial charge in [-0.25, -0.2) is 14.8 Å². The third kappa shape index (κ3) is 6.97. The van der Waals surface area contributed by atoms with E-state index in [0.29, 0.717) is 23.4 Å². The predicted octanol–water partition coefficient (Wildman–Crippen LogP) is 6.50. The molecule has 3 heterocycles. The molecule has 2 N–H and O–H groups in total. The third-order valence-corrected chi connectivity index (χ3v) is 8.33. The molecule has 44 heavy (non-hydrogen) atoms. The second-order valence-corrected chi connectivity index (χ2v) is 11.3. The quantitative estimate of drug-likeness (QED) is 0.214. The first kappa shape index (κ1) is 30.9. The molecule has 1 amide bonds. The van der Waals surface area contributed by atoms with Crippen molar-refractivity contribution in [3.05, 3.63) is 72.1 Å². The lowest BCUT2D eigenvalue weighted by molar-refractivity contribution is 0.215. The van der Waals surface area contributed by atoms with E-state index in [1.807, 2.05) is 41.9 Å². The van der Waals surface area contributed by atoms with E-state index >= 15 is 0 Å². The van der Waals surface area contributed by atoms with Crippen molar-refractivity contribution in [2.24, 2.45) is 7.05 Å². The van der Waals surface area contributed by atoms with E-state index in [9.17, 15) is 4.79 Å². The fourth-order valence-electron chi connectivity index (χ4n) is 5.78. The van der Waals surface area contributed by atoms with Gasteiger partial charge in [-0.05, 0) is 69.1 Å². The Morgan fingerprint density at radius 1 is 1.05 bits per heavy atom. The molecule has 2 aromatic heterocycles. The van der Waals surface area contributed by atoms with Crippen molar-refractivity contribution in [2.45, 2.75) is 45.6 Å². The number of aromatic nitrogens is 3. The lowest BCUT2D eigenvalue weighted by Crippen LogP contribution is -2.41. The molecule has 0 bridgehead atoms. The number of carbonyl (C=O) groups is 1. The number of rotatable bonds is 10. The first-order valence-corrected chi connectivity index (χ1v) is 15.2. The van der Waals surface area contributed by atoms with E-state index in [1.54, 1.807) is 25.6 Å². The number of nitrogens with one attached hydrogen (secondary N) is 2. The molecule has 1 fully saturated rings. The average Bonchev–Trinajstić information content (AvgIpc) is 3.40. The lowest BCUT2D eigenvalue weighted by atomic mass is 10.0. The van der Waals surface area contributed by atoms with Crippen LogP contribution in [-0.4, -0.2) is 65.9 Å². The van der Waals surface area contributed by atoms with Crippen LogP contribution >= 0.6 is 0 Å². The van der Waals surface area contributed by atoms with Gasteiger partial charge in [0.15, 0.2) is 5.75 Å². The van der Waals surface area contributed by atoms with Gasteiger partial charge in [0.2, 0.25) is 5.95 Å². The Kier molecular flexibility index (Phi) is 9.69. The molecule has 10 heteroatoms. The van der Waals surface area contributed by atoms with Crippen LogP contribution in [-0.2, 0) is 19.9 Å². The highest BCUT2D eigenvalue weighted by Gasteiger charge is 2.22. The first-order valence-electron chi connectivity index (χ1n) is 15.2. The van der Waals surface area contributed by atoms with Crippen molar-refractivity contribution in [1.29, 1.82) is 0 Å². The number of amides is 1. The summed E-state index contributed by atoms with van der Waals surface area (Å²) < 4.78 is 13.3. The topological polar surface area (TPSA) is 96.8 Å². The summed E-state index contributed by atoms with van der Waals surface area (Å²) in [6, 6.07) is 16.5. The van der Waals surface area contributed by atoms with Crippen molar-refractivity contribution in [2.75, 3.05) is 49.8 Å². The molecule has 4 aromatic rings. The highest BCUT2D eigenvalue weighted by atomic mass is 16.6. The van der Waals surface area contributed by atoms with Gasteiger partial charge in [0.1, 0.15) is 5.75 Å². The van der Waals surface area contributed by atoms with Crippen LogP contribution < -0.4 is 25.0 Å². The van der Waals surface area contributed by atoms with Gasteiger partial charge in [-0.3, -0.25) is 5.32 Å². The molecule has 1 saturated heterocycles. The zero-order valence-electron chi connectivity index (χ0n) is 26.6. The fraction of sp³-hybridized carbons (Fsp3) is 0.382. The van der Waals surface area contributed by atoms with Gasteiger partial charge in [-0.1, -0.05) is 32.0 Å². The molecule has 0 spiro atoms. The van der Waals surface area contributed by atoms with Crippen LogP contribution in [0.4, 0.5) is 27.8 Å². The van der Waals surface area contributed by atoms with E-state index in [4.69, 9.17) is 14.5 Å². The van der Waals surface area contributed by atoms with Crippen LogP contribution in [0, 0.1) is 0 Å². The zero-order valence-corrected chi connectivity index (χ0v) is 26.6. The van der Waals surface area contributed by atoms with Crippen molar-refractivity contribution in [3.63, 3.8) is 0 Å². The second kappa shape index (κ2) is 13.8. The summed E-state index contributed by atoms with van der Waals surface area (Å²) in [6.45, 7) is 6.17. The van der Waals surface area contributed by atoms with Crippen LogP contribution in [0.3, 0.4) is 0 Å². The summed E-state index contributed by atoms with van der Waals surface area (Å²) in [5, 5.41) is 6.27. The summed E-state index contributed by atoms with van der Waals surface area (Å²) in [7, 11) is 7.87. The number of methoxy groups -OCH3 is 1. The first-order chi connectivity index (χ1) is 21.3. The maximum absolute atomic E-state index is 12.9. The summed E-state index contributed by atoms with van der Waals surface area (Å²) >= 11 is 0. The third-order valence-electron chi connectivity index (χ3n) is 8.33. The van der Waals surface area contributed by atoms with Gasteiger partial charge < -0.3 is 29.2 Å². The maximum atomic E-state index is 12.9. The minimum atomic E-state index is -0.527. The molecule has 0 aliphatic carbocycles. The predicted molar refractivity (Wildman–Crippen MR) is 176 cm³/mol. The normalized spacial score (nSPS) is 13.7. The number of hydrogen-bond donors (Lipinski definition) is 2. The van der Waals surface area contributed by atoms with Gasteiger partial charge in [0.25, 0.3) is 0 Å². The van der Waals surface area contributed by atoms with E-state index in [2.05, 4.69) is 65.5 Å². The highest BCUT2D eigenvalue weighted by Crippen LogP contribution is 2.33. The Balaban J connectivity index is 1.28. The number of hydrogen-bond acceptors (Lipinski definition) is 8. The Labute approximate surface area is 260 Å². The number of benzene rings is 2. The Hall–Kier alpha value is -4.57. The highest BCUT2D eigenvalue weighted by molar-refractivity contribution is 5.88. The second-order valence-electron chi connectivity index (χ2n) is 11.3. The fourth-order valence-corrected chi connectivity index (χ4v) is 5.78. The van der Waals surface area contributed by atoms with E-state index in [0.717, 1.165) is 78.4 Å². The summed E-state index contributed by atoms with van der Waals surface area (Å²) in [6.07, 6.45) is 6.84. The number of aryl methyl sites for hydroxylation is 3. The molecule has 0 unspecified atom stereocenters. The van der Waals surface area contributed by atoms with Crippen LogP contribution in [0.5, 0.6) is 11.5 Å². The molecule has 10 nitrogen and oxygen atoms in total. The van der Waals surface area contributed by atoms with Gasteiger partial charge in [-0.2, -0.15) is 0 Å². The number of piperidine rings is 1.